The second-order valence-corrected chi connectivity index (χ2v) is 23.3. The van der Waals surface area contributed by atoms with Gasteiger partial charge in [-0.15, -0.1) is 0 Å². The van der Waals surface area contributed by atoms with Crippen LogP contribution in [0, 0.1) is 79.8 Å². The molecule has 1 saturated heterocycles. The van der Waals surface area contributed by atoms with Crippen molar-refractivity contribution in [1.29, 1.82) is 0 Å². The van der Waals surface area contributed by atoms with E-state index in [1.807, 2.05) is 26.1 Å². The van der Waals surface area contributed by atoms with E-state index < -0.39 is 17.3 Å². The fourth-order valence-corrected chi connectivity index (χ4v) is 16.8. The number of likely N-dealkylation sites (tertiary alicyclic amines) is 1. The Morgan fingerprint density at radius 2 is 1.56 bits per heavy atom. The standard InChI is InChI=1S/C51H73N3O5/c1-30(2)32-19-24-51(45(58)54-27-13-16-37(54)42-52-29-36(53-42)31-14-11-10-12-15-31)26-25-49(8)33(41(32)51)17-18-39-48(7)22-21-40(47(5,6)38(48)20-23-50(39,49)9)59-44(57)35-28-34(43(55)56)46(35,3)4/h10-12,14-15,29-30,32-35,37-41H,13,16-28H2,1-9H3,(H,52,53)(H,55,56)/t32-,33+,34-,35+,37+,38-,39+,40-,41+,48-,49+,50+,51-/m0/s1. The van der Waals surface area contributed by atoms with Crippen LogP contribution in [0.3, 0.4) is 0 Å². The molecule has 59 heavy (non-hydrogen) atoms. The molecule has 2 heterocycles. The highest BCUT2D eigenvalue weighted by atomic mass is 16.5. The molecule has 322 valence electrons. The number of carboxylic acid groups (broad SMARTS) is 1. The number of ether oxygens (including phenoxy) is 1. The van der Waals surface area contributed by atoms with Crippen LogP contribution in [-0.4, -0.2) is 50.5 Å². The zero-order valence-corrected chi connectivity index (χ0v) is 37.6. The van der Waals surface area contributed by atoms with Crippen LogP contribution in [0.1, 0.15) is 158 Å². The number of carboxylic acids is 1. The van der Waals surface area contributed by atoms with Crippen LogP contribution in [0.5, 0.6) is 0 Å². The number of aliphatic carboxylic acids is 1. The average molecular weight is 808 g/mol. The summed E-state index contributed by atoms with van der Waals surface area (Å²) in [5, 5.41) is 9.71. The first-order valence-electron chi connectivity index (χ1n) is 23.7. The molecule has 0 spiro atoms. The van der Waals surface area contributed by atoms with Gasteiger partial charge in [0.1, 0.15) is 11.9 Å². The zero-order valence-electron chi connectivity index (χ0n) is 37.6. The van der Waals surface area contributed by atoms with Gasteiger partial charge in [0.15, 0.2) is 0 Å². The van der Waals surface area contributed by atoms with E-state index in [4.69, 9.17) is 9.72 Å². The molecule has 8 heteroatoms. The van der Waals surface area contributed by atoms with Gasteiger partial charge in [0.25, 0.3) is 0 Å². The first-order chi connectivity index (χ1) is 27.8. The lowest BCUT2D eigenvalue weighted by molar-refractivity contribution is -0.252. The smallest absolute Gasteiger partial charge is 0.309 e. The Morgan fingerprint density at radius 3 is 2.25 bits per heavy atom. The van der Waals surface area contributed by atoms with Gasteiger partial charge in [-0.2, -0.15) is 0 Å². The van der Waals surface area contributed by atoms with E-state index in [0.29, 0.717) is 47.8 Å². The minimum atomic E-state index is -0.812. The van der Waals surface area contributed by atoms with E-state index >= 15 is 4.79 Å². The van der Waals surface area contributed by atoms with Crippen molar-refractivity contribution >= 4 is 17.8 Å². The minimum Gasteiger partial charge on any atom is -0.481 e. The third-order valence-electron chi connectivity index (χ3n) is 20.3. The molecule has 7 aliphatic rings. The monoisotopic (exact) mass is 808 g/mol. The highest BCUT2D eigenvalue weighted by Crippen LogP contribution is 2.78. The van der Waals surface area contributed by atoms with Crippen LogP contribution in [0.4, 0.5) is 0 Å². The van der Waals surface area contributed by atoms with Crippen molar-refractivity contribution in [3.05, 3.63) is 42.4 Å². The predicted octanol–water partition coefficient (Wildman–Crippen LogP) is 11.1. The lowest BCUT2D eigenvalue weighted by atomic mass is 9.32. The number of aromatic nitrogens is 2. The summed E-state index contributed by atoms with van der Waals surface area (Å²) in [7, 11) is 0. The maximum absolute atomic E-state index is 15.6. The van der Waals surface area contributed by atoms with Crippen LogP contribution in [0.15, 0.2) is 36.5 Å². The highest BCUT2D eigenvalue weighted by Gasteiger charge is 2.73. The molecule has 8 nitrogen and oxygen atoms in total. The molecular weight excluding hydrogens is 735 g/mol. The topological polar surface area (TPSA) is 113 Å². The Hall–Kier alpha value is -3.16. The Labute approximate surface area is 353 Å². The van der Waals surface area contributed by atoms with Gasteiger partial charge < -0.3 is 19.7 Å². The third kappa shape index (κ3) is 5.77. The van der Waals surface area contributed by atoms with Crippen molar-refractivity contribution in [1.82, 2.24) is 14.9 Å². The summed E-state index contributed by atoms with van der Waals surface area (Å²) in [4.78, 5) is 51.9. The largest absolute Gasteiger partial charge is 0.481 e. The lowest BCUT2D eigenvalue weighted by Crippen LogP contribution is -2.67. The second kappa shape index (κ2) is 13.9. The minimum absolute atomic E-state index is 0.00417. The number of carbonyl (C=O) groups excluding carboxylic acids is 2. The molecule has 6 aliphatic carbocycles. The normalized spacial score (nSPS) is 43.2. The summed E-state index contributed by atoms with van der Waals surface area (Å²) in [5.74, 6) is 2.55. The lowest BCUT2D eigenvalue weighted by Gasteiger charge is -2.73. The number of nitrogens with zero attached hydrogens (tertiary/aromatic N) is 2. The Bertz CT molecular complexity index is 1970. The summed E-state index contributed by atoms with van der Waals surface area (Å²) < 4.78 is 6.48. The Kier molecular flexibility index (Phi) is 9.73. The third-order valence-corrected chi connectivity index (χ3v) is 20.3. The van der Waals surface area contributed by atoms with Gasteiger partial charge in [-0.05, 0) is 146 Å². The molecule has 9 rings (SSSR count). The van der Waals surface area contributed by atoms with Crippen LogP contribution < -0.4 is 0 Å². The van der Waals surface area contributed by atoms with Crippen LogP contribution in [0.2, 0.25) is 0 Å². The van der Waals surface area contributed by atoms with Crippen molar-refractivity contribution in [2.45, 2.75) is 158 Å². The number of esters is 1. The first kappa shape index (κ1) is 41.2. The van der Waals surface area contributed by atoms with E-state index in [9.17, 15) is 14.7 Å². The van der Waals surface area contributed by atoms with Gasteiger partial charge in [-0.25, -0.2) is 4.98 Å². The van der Waals surface area contributed by atoms with E-state index in [2.05, 4.69) is 82.6 Å². The molecule has 0 bridgehead atoms. The fourth-order valence-electron chi connectivity index (χ4n) is 16.8. The van der Waals surface area contributed by atoms with Crippen molar-refractivity contribution < 1.29 is 24.2 Å². The van der Waals surface area contributed by atoms with Gasteiger partial charge in [0.2, 0.25) is 5.91 Å². The first-order valence-corrected chi connectivity index (χ1v) is 23.7. The van der Waals surface area contributed by atoms with Crippen molar-refractivity contribution in [3.63, 3.8) is 0 Å². The molecule has 0 radical (unpaired) electrons. The van der Waals surface area contributed by atoms with Gasteiger partial charge >= 0.3 is 11.9 Å². The molecule has 0 unspecified atom stereocenters. The number of H-pyrrole nitrogens is 1. The van der Waals surface area contributed by atoms with E-state index in [1.54, 1.807) is 0 Å². The summed E-state index contributed by atoms with van der Waals surface area (Å²) in [6.45, 7) is 22.2. The maximum Gasteiger partial charge on any atom is 0.309 e. The van der Waals surface area contributed by atoms with Crippen LogP contribution >= 0.6 is 0 Å². The average Bonchev–Trinajstić information content (AvgIpc) is 3.95. The number of benzene rings is 1. The molecule has 1 aromatic heterocycles. The van der Waals surface area contributed by atoms with Crippen LogP contribution in [-0.2, 0) is 19.1 Å². The predicted molar refractivity (Wildman–Crippen MR) is 230 cm³/mol. The molecule has 2 aromatic rings. The molecule has 6 saturated carbocycles. The summed E-state index contributed by atoms with van der Waals surface area (Å²) >= 11 is 0. The molecule has 13 atom stereocenters. The molecule has 7 fully saturated rings. The summed E-state index contributed by atoms with van der Waals surface area (Å²) in [5.41, 5.74) is 1.53. The quantitative estimate of drug-likeness (QED) is 0.269. The maximum atomic E-state index is 15.6. The van der Waals surface area contributed by atoms with E-state index in [-0.39, 0.29) is 51.1 Å². The molecule has 2 N–H and O–H groups in total. The van der Waals surface area contributed by atoms with Crippen molar-refractivity contribution in [2.24, 2.45) is 79.8 Å². The number of aromatic amines is 1. The number of rotatable bonds is 7. The van der Waals surface area contributed by atoms with Gasteiger partial charge in [-0.3, -0.25) is 14.4 Å². The summed E-state index contributed by atoms with van der Waals surface area (Å²) in [6, 6.07) is 10.4. The van der Waals surface area contributed by atoms with Crippen molar-refractivity contribution in [2.75, 3.05) is 6.54 Å². The molecular formula is C51H73N3O5. The summed E-state index contributed by atoms with van der Waals surface area (Å²) in [6.07, 6.45) is 15.1. The number of fused-ring (bicyclic) bond motifs is 7. The number of nitrogens with one attached hydrogen (secondary N) is 1. The van der Waals surface area contributed by atoms with Crippen LogP contribution in [0.25, 0.3) is 11.3 Å². The number of carbonyl (C=O) groups is 3. The molecule has 1 amide bonds. The van der Waals surface area contributed by atoms with E-state index in [0.717, 1.165) is 81.4 Å². The number of amides is 1. The van der Waals surface area contributed by atoms with Gasteiger partial charge in [0, 0.05) is 12.0 Å². The van der Waals surface area contributed by atoms with Crippen molar-refractivity contribution in [3.8, 4) is 11.3 Å². The Morgan fingerprint density at radius 1 is 0.814 bits per heavy atom. The molecule has 1 aliphatic heterocycles. The van der Waals surface area contributed by atoms with Gasteiger partial charge in [-0.1, -0.05) is 92.6 Å². The Balaban J connectivity index is 0.966. The van der Waals surface area contributed by atoms with E-state index in [1.165, 1.54) is 19.3 Å². The SMILES string of the molecule is CC(C)[C@@H]1CC[C@]2(C(=O)N3CCC[C@@H]3c3ncc(-c4ccccc4)[nH]3)CC[C@]3(C)[C@H](CC[C@@H]4[C@@]5(C)CC[C@H](OC(=O)[C@H]6C[C@@H](C(=O)O)C6(C)C)C(C)(C)[C@@H]5CC[C@]43C)[C@@H]12. The number of imidazole rings is 1. The highest BCUT2D eigenvalue weighted by molar-refractivity contribution is 5.85. The zero-order chi connectivity index (χ0) is 42.1. The molecule has 1 aromatic carbocycles. The van der Waals surface area contributed by atoms with Gasteiger partial charge in [0.05, 0.1) is 35.2 Å². The number of hydrogen-bond acceptors (Lipinski definition) is 5. The fraction of sp³-hybridized carbons (Fsp3) is 0.765. The second-order valence-electron chi connectivity index (χ2n) is 23.3. The number of hydrogen-bond donors (Lipinski definition) is 2.